The maximum absolute atomic E-state index is 12.5. The number of fused-ring (bicyclic) bond motifs is 1. The number of aromatic nitrogens is 4. The molecule has 0 saturated carbocycles. The van der Waals surface area contributed by atoms with Crippen molar-refractivity contribution in [2.75, 3.05) is 5.32 Å². The molecule has 0 saturated heterocycles. The van der Waals surface area contributed by atoms with Crippen LogP contribution in [0.5, 0.6) is 0 Å². The lowest BCUT2D eigenvalue weighted by atomic mass is 9.98. The highest BCUT2D eigenvalue weighted by Gasteiger charge is 2.17. The molecule has 1 N–H and O–H groups in total. The van der Waals surface area contributed by atoms with Gasteiger partial charge in [0.1, 0.15) is 0 Å². The number of carbonyl (C=O) groups is 1. The van der Waals surface area contributed by atoms with Crippen molar-refractivity contribution < 1.29 is 4.79 Å². The number of rotatable bonds is 7. The summed E-state index contributed by atoms with van der Waals surface area (Å²) in [6.07, 6.45) is 4.02. The lowest BCUT2D eigenvalue weighted by Gasteiger charge is -2.14. The van der Waals surface area contributed by atoms with Gasteiger partial charge in [0.2, 0.25) is 5.91 Å². The molecule has 2 heterocycles. The van der Waals surface area contributed by atoms with Crippen LogP contribution in [-0.4, -0.2) is 25.3 Å². The molecule has 2 aromatic heterocycles. The highest BCUT2D eigenvalue weighted by atomic mass is 16.1. The normalized spacial score (nSPS) is 12.5. The minimum atomic E-state index is 0.0816. The van der Waals surface area contributed by atoms with Gasteiger partial charge in [0.05, 0.1) is 5.69 Å². The van der Waals surface area contributed by atoms with Crippen molar-refractivity contribution in [1.29, 1.82) is 0 Å². The number of nitrogens with one attached hydrogen (secondary N) is 1. The van der Waals surface area contributed by atoms with E-state index in [1.54, 1.807) is 4.63 Å². The maximum Gasteiger partial charge on any atom is 0.227 e. The Morgan fingerprint density at radius 2 is 1.85 bits per heavy atom. The summed E-state index contributed by atoms with van der Waals surface area (Å²) in [6, 6.07) is 7.86. The Bertz CT molecular complexity index is 936. The van der Waals surface area contributed by atoms with E-state index in [4.69, 9.17) is 0 Å². The molecule has 27 heavy (non-hydrogen) atoms. The summed E-state index contributed by atoms with van der Waals surface area (Å²) in [5.74, 6) is 1.05. The molecule has 0 spiro atoms. The summed E-state index contributed by atoms with van der Waals surface area (Å²) < 4.78 is 3.75. The molecule has 6 heteroatoms. The molecule has 6 nitrogen and oxygen atoms in total. The smallest absolute Gasteiger partial charge is 0.227 e. The van der Waals surface area contributed by atoms with Gasteiger partial charge < -0.3 is 9.88 Å². The monoisotopic (exact) mass is 367 g/mol. The van der Waals surface area contributed by atoms with E-state index < -0.39 is 0 Å². The largest absolute Gasteiger partial charge is 0.326 e. The summed E-state index contributed by atoms with van der Waals surface area (Å²) in [5.41, 5.74) is 4.95. The molecule has 0 radical (unpaired) electrons. The molecule has 0 aliphatic heterocycles. The molecule has 1 aromatic carbocycles. The van der Waals surface area contributed by atoms with Crippen molar-refractivity contribution in [2.45, 2.75) is 53.4 Å². The number of anilines is 1. The van der Waals surface area contributed by atoms with Crippen molar-refractivity contribution in [3.05, 3.63) is 35.5 Å². The van der Waals surface area contributed by atoms with Gasteiger partial charge in [-0.1, -0.05) is 26.7 Å². The van der Waals surface area contributed by atoms with Gasteiger partial charge in [-0.3, -0.25) is 4.79 Å². The van der Waals surface area contributed by atoms with Gasteiger partial charge in [0.25, 0.3) is 0 Å². The van der Waals surface area contributed by atoms with Crippen molar-refractivity contribution in [3.8, 4) is 11.4 Å². The first-order chi connectivity index (χ1) is 13.0. The highest BCUT2D eigenvalue weighted by Crippen LogP contribution is 2.24. The molecular weight excluding hydrogens is 338 g/mol. The molecule has 0 aliphatic carbocycles. The molecule has 0 bridgehead atoms. The first-order valence-corrected chi connectivity index (χ1v) is 9.76. The molecule has 1 amide bonds. The number of benzene rings is 1. The Balaban J connectivity index is 1.77. The molecule has 1 unspecified atom stereocenters. The Morgan fingerprint density at radius 3 is 2.44 bits per heavy atom. The second-order valence-electron chi connectivity index (χ2n) is 7.22. The summed E-state index contributed by atoms with van der Waals surface area (Å²) >= 11 is 0. The van der Waals surface area contributed by atoms with Crippen LogP contribution >= 0.6 is 0 Å². The van der Waals surface area contributed by atoms with Crippen LogP contribution in [0.1, 0.15) is 50.8 Å². The zero-order valence-corrected chi connectivity index (χ0v) is 16.9. The maximum atomic E-state index is 12.5. The predicted octanol–water partition coefficient (Wildman–Crippen LogP) is 4.51. The minimum Gasteiger partial charge on any atom is -0.326 e. The molecule has 0 fully saturated rings. The fraction of sp³-hybridized carbons (Fsp3) is 0.476. The third-order valence-corrected chi connectivity index (χ3v) is 5.32. The van der Waals surface area contributed by atoms with Gasteiger partial charge in [-0.2, -0.15) is 5.10 Å². The Labute approximate surface area is 160 Å². The van der Waals surface area contributed by atoms with Gasteiger partial charge >= 0.3 is 0 Å². The SMILES string of the molecule is CCCCC(CC)C(=O)Nc1ccc(-c2nn3nc(C)c(C)c3n2C)cc1. The summed E-state index contributed by atoms with van der Waals surface area (Å²) in [5, 5.41) is 12.1. The quantitative estimate of drug-likeness (QED) is 0.668. The number of aryl methyl sites for hydroxylation is 3. The van der Waals surface area contributed by atoms with Crippen molar-refractivity contribution in [1.82, 2.24) is 19.4 Å². The van der Waals surface area contributed by atoms with Crippen LogP contribution in [0.25, 0.3) is 17.0 Å². The Kier molecular flexibility index (Phi) is 5.63. The molecule has 1 atom stereocenters. The molecule has 144 valence electrons. The third-order valence-electron chi connectivity index (χ3n) is 5.32. The van der Waals surface area contributed by atoms with Crippen molar-refractivity contribution in [2.24, 2.45) is 13.0 Å². The predicted molar refractivity (Wildman–Crippen MR) is 109 cm³/mol. The lowest BCUT2D eigenvalue weighted by Crippen LogP contribution is -2.22. The van der Waals surface area contributed by atoms with Crippen LogP contribution in [-0.2, 0) is 11.8 Å². The molecule has 0 aliphatic rings. The third kappa shape index (κ3) is 3.75. The molecule has 3 rings (SSSR count). The highest BCUT2D eigenvalue weighted by molar-refractivity contribution is 5.92. The average molecular weight is 367 g/mol. The zero-order chi connectivity index (χ0) is 19.6. The van der Waals surface area contributed by atoms with E-state index in [-0.39, 0.29) is 11.8 Å². The Hall–Kier alpha value is -2.63. The number of unbranched alkanes of at least 4 members (excludes halogenated alkanes) is 1. The van der Waals surface area contributed by atoms with Crippen LogP contribution in [0, 0.1) is 19.8 Å². The van der Waals surface area contributed by atoms with Gasteiger partial charge in [0, 0.05) is 29.8 Å². The number of hydrogen-bond donors (Lipinski definition) is 1. The minimum absolute atomic E-state index is 0.0816. The number of carbonyl (C=O) groups excluding carboxylic acids is 1. The van der Waals surface area contributed by atoms with E-state index in [0.717, 1.165) is 59.7 Å². The van der Waals surface area contributed by atoms with Crippen molar-refractivity contribution >= 4 is 17.2 Å². The second kappa shape index (κ2) is 7.94. The number of hydrogen-bond acceptors (Lipinski definition) is 3. The van der Waals surface area contributed by atoms with Gasteiger partial charge in [-0.15, -0.1) is 9.73 Å². The van der Waals surface area contributed by atoms with Crippen LogP contribution < -0.4 is 5.32 Å². The van der Waals surface area contributed by atoms with Gasteiger partial charge in [-0.25, -0.2) is 0 Å². The second-order valence-corrected chi connectivity index (χ2v) is 7.22. The van der Waals surface area contributed by atoms with E-state index >= 15 is 0 Å². The first-order valence-electron chi connectivity index (χ1n) is 9.76. The van der Waals surface area contributed by atoms with E-state index in [0.29, 0.717) is 0 Å². The van der Waals surface area contributed by atoms with Crippen molar-refractivity contribution in [3.63, 3.8) is 0 Å². The van der Waals surface area contributed by atoms with Gasteiger partial charge in [0.15, 0.2) is 11.5 Å². The van der Waals surface area contributed by atoms with E-state index in [1.807, 2.05) is 38.2 Å². The fourth-order valence-corrected chi connectivity index (χ4v) is 3.46. The zero-order valence-electron chi connectivity index (χ0n) is 16.9. The van der Waals surface area contributed by atoms with E-state index in [9.17, 15) is 4.79 Å². The molecule has 3 aromatic rings. The molecular formula is C21H29N5O. The first kappa shape index (κ1) is 19.1. The number of nitrogens with zero attached hydrogens (tertiary/aromatic N) is 4. The fourth-order valence-electron chi connectivity index (χ4n) is 3.46. The van der Waals surface area contributed by atoms with Crippen LogP contribution in [0.15, 0.2) is 24.3 Å². The topological polar surface area (TPSA) is 64.2 Å². The summed E-state index contributed by atoms with van der Waals surface area (Å²) in [4.78, 5) is 12.5. The Morgan fingerprint density at radius 1 is 1.15 bits per heavy atom. The summed E-state index contributed by atoms with van der Waals surface area (Å²) in [6.45, 7) is 8.28. The van der Waals surface area contributed by atoms with E-state index in [2.05, 4.69) is 40.9 Å². The van der Waals surface area contributed by atoms with E-state index in [1.165, 1.54) is 0 Å². The number of amides is 1. The van der Waals surface area contributed by atoms with Crippen LogP contribution in [0.4, 0.5) is 5.69 Å². The summed E-state index contributed by atoms with van der Waals surface area (Å²) in [7, 11) is 2.00. The van der Waals surface area contributed by atoms with Crippen LogP contribution in [0.2, 0.25) is 0 Å². The van der Waals surface area contributed by atoms with Crippen LogP contribution in [0.3, 0.4) is 0 Å². The lowest BCUT2D eigenvalue weighted by molar-refractivity contribution is -0.120. The van der Waals surface area contributed by atoms with Gasteiger partial charge in [-0.05, 0) is 51.0 Å². The average Bonchev–Trinajstić information content (AvgIpc) is 3.12. The standard InChI is InChI=1S/C21H29N5O/c1-6-8-9-16(7-2)20(27)22-18-12-10-17(11-13-18)19-24-26-21(25(19)5)14(3)15(4)23-26/h10-13,16H,6-9H2,1-5H3,(H,22,27).